The Labute approximate surface area is 120 Å². The van der Waals surface area contributed by atoms with Gasteiger partial charge in [0.2, 0.25) is 0 Å². The van der Waals surface area contributed by atoms with E-state index in [1.165, 1.54) is 45.4 Å². The molecule has 2 nitrogen and oxygen atoms in total. The summed E-state index contributed by atoms with van der Waals surface area (Å²) in [5, 5.41) is 0. The molecule has 0 radical (unpaired) electrons. The predicted octanol–water partition coefficient (Wildman–Crippen LogP) is 5.21. The second-order valence-corrected chi connectivity index (χ2v) is 6.59. The Morgan fingerprint density at radius 3 is 1.79 bits per heavy atom. The molecule has 114 valence electrons. The first-order valence-electron chi connectivity index (χ1n) is 8.05. The molecule has 0 saturated carbocycles. The third-order valence-corrected chi connectivity index (χ3v) is 3.79. The molecule has 0 aromatic rings. The summed E-state index contributed by atoms with van der Waals surface area (Å²) in [6.07, 6.45) is 9.03. The lowest BCUT2D eigenvalue weighted by Gasteiger charge is -2.14. The Balaban J connectivity index is 3.42. The molecule has 19 heavy (non-hydrogen) atoms. The molecular formula is C17H34O2. The average Bonchev–Trinajstić information content (AvgIpc) is 2.27. The number of ether oxygens (including phenoxy) is 1. The Morgan fingerprint density at radius 1 is 0.842 bits per heavy atom. The van der Waals surface area contributed by atoms with Crippen LogP contribution < -0.4 is 0 Å². The summed E-state index contributed by atoms with van der Waals surface area (Å²) < 4.78 is 4.98. The lowest BCUT2D eigenvalue weighted by Crippen LogP contribution is -2.06. The Morgan fingerprint density at radius 2 is 1.32 bits per heavy atom. The van der Waals surface area contributed by atoms with Crippen molar-refractivity contribution in [3.63, 3.8) is 0 Å². The van der Waals surface area contributed by atoms with Gasteiger partial charge < -0.3 is 4.74 Å². The second kappa shape index (κ2) is 11.3. The highest BCUT2D eigenvalue weighted by Crippen LogP contribution is 2.20. The maximum absolute atomic E-state index is 10.7. The van der Waals surface area contributed by atoms with Gasteiger partial charge in [0.25, 0.3) is 0 Å². The molecule has 0 aromatic carbocycles. The van der Waals surface area contributed by atoms with Crippen molar-refractivity contribution in [1.29, 1.82) is 0 Å². The van der Waals surface area contributed by atoms with Gasteiger partial charge in [0, 0.05) is 6.92 Å². The van der Waals surface area contributed by atoms with Crippen LogP contribution in [-0.4, -0.2) is 12.6 Å². The smallest absolute Gasteiger partial charge is 0.302 e. The average molecular weight is 270 g/mol. The first-order valence-corrected chi connectivity index (χ1v) is 8.05. The van der Waals surface area contributed by atoms with E-state index in [0.717, 1.165) is 18.3 Å². The minimum absolute atomic E-state index is 0.161. The molecule has 0 saturated heterocycles. The van der Waals surface area contributed by atoms with Gasteiger partial charge >= 0.3 is 5.97 Å². The van der Waals surface area contributed by atoms with E-state index in [2.05, 4.69) is 27.7 Å². The maximum Gasteiger partial charge on any atom is 0.302 e. The molecule has 0 bridgehead atoms. The highest BCUT2D eigenvalue weighted by Gasteiger charge is 2.07. The van der Waals surface area contributed by atoms with Crippen LogP contribution in [0.25, 0.3) is 0 Å². The van der Waals surface area contributed by atoms with Crippen LogP contribution in [-0.2, 0) is 9.53 Å². The zero-order valence-corrected chi connectivity index (χ0v) is 13.7. The Hall–Kier alpha value is -0.530. The number of carbonyl (C=O) groups excluding carboxylic acids is 1. The highest BCUT2D eigenvalue weighted by molar-refractivity contribution is 5.65. The van der Waals surface area contributed by atoms with E-state index in [0.29, 0.717) is 12.5 Å². The van der Waals surface area contributed by atoms with Crippen LogP contribution in [0, 0.1) is 17.8 Å². The standard InChI is InChI=1S/C17H34O2/c1-14(2)8-6-9-15(3)10-7-11-16(4)12-13-19-17(5)18/h14-16H,6-13H2,1-5H3/t15-,16-/m1/s1. The van der Waals surface area contributed by atoms with Crippen molar-refractivity contribution < 1.29 is 9.53 Å². The molecule has 2 heteroatoms. The van der Waals surface area contributed by atoms with Crippen molar-refractivity contribution in [2.24, 2.45) is 17.8 Å². The molecule has 0 aliphatic heterocycles. The van der Waals surface area contributed by atoms with Crippen LogP contribution >= 0.6 is 0 Å². The number of rotatable bonds is 11. The molecule has 0 aliphatic rings. The van der Waals surface area contributed by atoms with Crippen molar-refractivity contribution in [2.75, 3.05) is 6.61 Å². The van der Waals surface area contributed by atoms with Crippen LogP contribution in [0.4, 0.5) is 0 Å². The SMILES string of the molecule is CC(=O)OCC[C@H](C)CCC[C@H](C)CCCC(C)C. The molecule has 0 spiro atoms. The van der Waals surface area contributed by atoms with Crippen molar-refractivity contribution in [1.82, 2.24) is 0 Å². The van der Waals surface area contributed by atoms with Gasteiger partial charge in [-0.1, -0.05) is 66.2 Å². The first kappa shape index (κ1) is 18.5. The van der Waals surface area contributed by atoms with E-state index in [1.807, 2.05) is 0 Å². The van der Waals surface area contributed by atoms with E-state index in [4.69, 9.17) is 4.74 Å². The fraction of sp³-hybridized carbons (Fsp3) is 0.941. The van der Waals surface area contributed by atoms with Gasteiger partial charge in [-0.05, 0) is 24.2 Å². The number of esters is 1. The maximum atomic E-state index is 10.7. The molecular weight excluding hydrogens is 236 g/mol. The summed E-state index contributed by atoms with van der Waals surface area (Å²) in [6, 6.07) is 0. The fourth-order valence-corrected chi connectivity index (χ4v) is 2.38. The summed E-state index contributed by atoms with van der Waals surface area (Å²) >= 11 is 0. The van der Waals surface area contributed by atoms with Gasteiger partial charge in [-0.3, -0.25) is 4.79 Å². The van der Waals surface area contributed by atoms with Crippen LogP contribution in [0.5, 0.6) is 0 Å². The largest absolute Gasteiger partial charge is 0.466 e. The van der Waals surface area contributed by atoms with E-state index in [1.54, 1.807) is 0 Å². The minimum Gasteiger partial charge on any atom is -0.466 e. The molecule has 0 aromatic heterocycles. The van der Waals surface area contributed by atoms with Crippen molar-refractivity contribution in [3.05, 3.63) is 0 Å². The second-order valence-electron chi connectivity index (χ2n) is 6.59. The molecule has 0 N–H and O–H groups in total. The van der Waals surface area contributed by atoms with Crippen molar-refractivity contribution in [2.45, 2.75) is 79.6 Å². The molecule has 0 heterocycles. The first-order chi connectivity index (χ1) is 8.91. The normalized spacial score (nSPS) is 14.4. The van der Waals surface area contributed by atoms with Gasteiger partial charge in [0.05, 0.1) is 6.61 Å². The molecule has 2 atom stereocenters. The third kappa shape index (κ3) is 13.7. The van der Waals surface area contributed by atoms with Gasteiger partial charge in [0.1, 0.15) is 0 Å². The van der Waals surface area contributed by atoms with Crippen LogP contribution in [0.15, 0.2) is 0 Å². The molecule has 0 amide bonds. The van der Waals surface area contributed by atoms with E-state index in [-0.39, 0.29) is 5.97 Å². The molecule has 0 fully saturated rings. The van der Waals surface area contributed by atoms with Crippen molar-refractivity contribution >= 4 is 5.97 Å². The Bertz CT molecular complexity index is 223. The van der Waals surface area contributed by atoms with Crippen LogP contribution in [0.1, 0.15) is 79.6 Å². The zero-order valence-electron chi connectivity index (χ0n) is 13.7. The topological polar surface area (TPSA) is 26.3 Å². The van der Waals surface area contributed by atoms with Gasteiger partial charge in [-0.15, -0.1) is 0 Å². The van der Waals surface area contributed by atoms with Gasteiger partial charge in [0.15, 0.2) is 0 Å². The highest BCUT2D eigenvalue weighted by atomic mass is 16.5. The van der Waals surface area contributed by atoms with Crippen LogP contribution in [0.3, 0.4) is 0 Å². The fourth-order valence-electron chi connectivity index (χ4n) is 2.38. The quantitative estimate of drug-likeness (QED) is 0.482. The third-order valence-electron chi connectivity index (χ3n) is 3.79. The lowest BCUT2D eigenvalue weighted by molar-refractivity contribution is -0.141. The van der Waals surface area contributed by atoms with E-state index < -0.39 is 0 Å². The van der Waals surface area contributed by atoms with E-state index >= 15 is 0 Å². The monoisotopic (exact) mass is 270 g/mol. The van der Waals surface area contributed by atoms with Gasteiger partial charge in [-0.2, -0.15) is 0 Å². The summed E-state index contributed by atoms with van der Waals surface area (Å²) in [4.78, 5) is 10.7. The number of hydrogen-bond donors (Lipinski definition) is 0. The molecule has 0 rings (SSSR count). The molecule has 0 unspecified atom stereocenters. The summed E-state index contributed by atoms with van der Waals surface area (Å²) in [6.45, 7) is 11.3. The van der Waals surface area contributed by atoms with Crippen LogP contribution in [0.2, 0.25) is 0 Å². The summed E-state index contributed by atoms with van der Waals surface area (Å²) in [7, 11) is 0. The predicted molar refractivity (Wildman–Crippen MR) is 82.1 cm³/mol. The number of carbonyl (C=O) groups is 1. The zero-order chi connectivity index (χ0) is 14.7. The van der Waals surface area contributed by atoms with Gasteiger partial charge in [-0.25, -0.2) is 0 Å². The number of hydrogen-bond acceptors (Lipinski definition) is 2. The summed E-state index contributed by atoms with van der Waals surface area (Å²) in [5.41, 5.74) is 0. The van der Waals surface area contributed by atoms with Crippen molar-refractivity contribution in [3.8, 4) is 0 Å². The molecule has 0 aliphatic carbocycles. The van der Waals surface area contributed by atoms with E-state index in [9.17, 15) is 4.79 Å². The lowest BCUT2D eigenvalue weighted by atomic mass is 9.93. The Kier molecular flexibility index (Phi) is 11.0. The summed E-state index contributed by atoms with van der Waals surface area (Å²) in [5.74, 6) is 2.21. The minimum atomic E-state index is -0.161.